The summed E-state index contributed by atoms with van der Waals surface area (Å²) in [5.74, 6) is 0.730. The summed E-state index contributed by atoms with van der Waals surface area (Å²) >= 11 is 0. The summed E-state index contributed by atoms with van der Waals surface area (Å²) in [6.07, 6.45) is 10.9. The zero-order valence-electron chi connectivity index (χ0n) is 43.8. The molecule has 400 valence electrons. The van der Waals surface area contributed by atoms with Gasteiger partial charge in [-0.05, 0) is 98.5 Å². The molecule has 3 fully saturated rings. The number of aromatic amines is 1. The summed E-state index contributed by atoms with van der Waals surface area (Å²) in [6.45, 7) is 11.4. The van der Waals surface area contributed by atoms with E-state index in [4.69, 9.17) is 14.2 Å². The van der Waals surface area contributed by atoms with Crippen molar-refractivity contribution in [3.8, 4) is 11.5 Å². The summed E-state index contributed by atoms with van der Waals surface area (Å²) in [7, 11) is 1.62. The van der Waals surface area contributed by atoms with Crippen molar-refractivity contribution < 1.29 is 33.4 Å². The molecular formula is C57H74N10O8. The molecule has 1 unspecified atom stereocenters. The molecule has 5 aromatic rings. The van der Waals surface area contributed by atoms with Crippen molar-refractivity contribution >= 4 is 40.3 Å². The quantitative estimate of drug-likeness (QED) is 0.0524. The Balaban J connectivity index is 0.736. The summed E-state index contributed by atoms with van der Waals surface area (Å²) in [5.41, 5.74) is 6.97. The summed E-state index contributed by atoms with van der Waals surface area (Å²) in [6, 6.07) is 20.1. The molecule has 4 amide bonds. The Labute approximate surface area is 439 Å². The minimum Gasteiger partial charge on any atom is -0.497 e. The lowest BCUT2D eigenvalue weighted by atomic mass is 9.83. The summed E-state index contributed by atoms with van der Waals surface area (Å²) in [4.78, 5) is 84.8. The number of carbonyl (C=O) groups is 4. The number of aromatic nitrogens is 3. The van der Waals surface area contributed by atoms with Crippen LogP contribution in [0.1, 0.15) is 108 Å². The number of H-pyrrole nitrogens is 1. The van der Waals surface area contributed by atoms with Gasteiger partial charge in [0.05, 0.1) is 56.4 Å². The van der Waals surface area contributed by atoms with Crippen molar-refractivity contribution in [1.29, 1.82) is 0 Å². The predicted octanol–water partition coefficient (Wildman–Crippen LogP) is 5.35. The highest BCUT2D eigenvalue weighted by Crippen LogP contribution is 2.30. The molecular weight excluding hydrogens is 953 g/mol. The van der Waals surface area contributed by atoms with E-state index in [9.17, 15) is 24.0 Å². The topological polar surface area (TPSA) is 212 Å². The van der Waals surface area contributed by atoms with E-state index in [1.54, 1.807) is 25.4 Å². The van der Waals surface area contributed by atoms with E-state index in [1.807, 2.05) is 79.5 Å². The molecule has 18 heteroatoms. The smallest absolute Gasteiger partial charge is 0.269 e. The van der Waals surface area contributed by atoms with Gasteiger partial charge in [-0.25, -0.2) is 4.98 Å². The molecule has 3 aliphatic rings. The number of benzene rings is 2. The second-order valence-corrected chi connectivity index (χ2v) is 19.7. The third-order valence-corrected chi connectivity index (χ3v) is 14.7. The van der Waals surface area contributed by atoms with Gasteiger partial charge < -0.3 is 50.3 Å². The number of rotatable bonds is 23. The van der Waals surface area contributed by atoms with Gasteiger partial charge in [0.25, 0.3) is 17.4 Å². The summed E-state index contributed by atoms with van der Waals surface area (Å²) < 4.78 is 16.9. The highest BCUT2D eigenvalue weighted by molar-refractivity contribution is 5.98. The monoisotopic (exact) mass is 1030 g/mol. The van der Waals surface area contributed by atoms with E-state index >= 15 is 0 Å². The van der Waals surface area contributed by atoms with Crippen LogP contribution in [0.5, 0.6) is 11.5 Å². The first kappa shape index (κ1) is 54.4. The van der Waals surface area contributed by atoms with E-state index in [0.717, 1.165) is 122 Å². The van der Waals surface area contributed by atoms with Crippen LogP contribution in [0.2, 0.25) is 0 Å². The number of anilines is 1. The molecule has 3 aromatic heterocycles. The zero-order chi connectivity index (χ0) is 52.5. The van der Waals surface area contributed by atoms with Gasteiger partial charge in [0.1, 0.15) is 23.2 Å². The van der Waals surface area contributed by atoms with E-state index < -0.39 is 6.04 Å². The van der Waals surface area contributed by atoms with E-state index in [1.165, 1.54) is 0 Å². The van der Waals surface area contributed by atoms with Crippen molar-refractivity contribution in [3.05, 3.63) is 123 Å². The zero-order valence-corrected chi connectivity index (χ0v) is 43.8. The lowest BCUT2D eigenvalue weighted by Crippen LogP contribution is -2.52. The van der Waals surface area contributed by atoms with Crippen molar-refractivity contribution in [2.45, 2.75) is 90.3 Å². The molecule has 8 rings (SSSR count). The van der Waals surface area contributed by atoms with Crippen LogP contribution in [0.3, 0.4) is 0 Å². The number of fused-ring (bicyclic) bond motifs is 1. The number of hydrogen-bond acceptors (Lipinski definition) is 13. The van der Waals surface area contributed by atoms with Gasteiger partial charge in [0, 0.05) is 100 Å². The van der Waals surface area contributed by atoms with E-state index in [-0.39, 0.29) is 73.9 Å². The van der Waals surface area contributed by atoms with E-state index in [2.05, 4.69) is 46.0 Å². The molecule has 5 N–H and O–H groups in total. The molecule has 0 bridgehead atoms. The number of methoxy groups -OCH3 is 1. The number of nitrogens with one attached hydrogen (secondary N) is 5. The first-order valence-electron chi connectivity index (χ1n) is 26.9. The Kier molecular flexibility index (Phi) is 19.6. The molecule has 0 radical (unpaired) electrons. The Morgan fingerprint density at radius 1 is 0.813 bits per heavy atom. The van der Waals surface area contributed by atoms with Crippen LogP contribution in [0.4, 0.5) is 5.69 Å². The third-order valence-electron chi connectivity index (χ3n) is 14.7. The Bertz CT molecular complexity index is 2770. The summed E-state index contributed by atoms with van der Waals surface area (Å²) in [5, 5.41) is 12.2. The Morgan fingerprint density at radius 3 is 2.39 bits per heavy atom. The van der Waals surface area contributed by atoms with Gasteiger partial charge in [-0.3, -0.25) is 33.9 Å². The number of piperidine rings is 1. The fraction of sp³-hybridized carbons (Fsp3) is 0.491. The number of amides is 4. The maximum absolute atomic E-state index is 13.9. The second-order valence-electron chi connectivity index (χ2n) is 19.7. The maximum atomic E-state index is 13.9. The minimum absolute atomic E-state index is 0.0198. The molecule has 18 nitrogen and oxygen atoms in total. The van der Waals surface area contributed by atoms with Crippen molar-refractivity contribution in [3.63, 3.8) is 0 Å². The molecule has 1 aliphatic carbocycles. The molecule has 0 spiro atoms. The number of ether oxygens (including phenoxy) is 3. The number of likely N-dealkylation sites (tertiary alicyclic amines) is 1. The van der Waals surface area contributed by atoms with Crippen LogP contribution in [0, 0.1) is 5.92 Å². The molecule has 2 aromatic carbocycles. The highest BCUT2D eigenvalue weighted by atomic mass is 16.5. The number of carbonyl (C=O) groups excluding carboxylic acids is 4. The van der Waals surface area contributed by atoms with Crippen LogP contribution in [0.25, 0.3) is 11.0 Å². The largest absolute Gasteiger partial charge is 0.497 e. The van der Waals surface area contributed by atoms with Crippen molar-refractivity contribution in [1.82, 2.24) is 46.0 Å². The number of piperazine rings is 1. The molecule has 2 atom stereocenters. The first-order chi connectivity index (χ1) is 36.6. The fourth-order valence-corrected chi connectivity index (χ4v) is 10.4. The SMILES string of the molecule is CCOc1cc(OC)ccc1CNCC(=O)N1CCCC(c2cccc(C(=O)N[C@@H](C(=O)NCCOCCNC(=O)c3ccc(N4CCN(Cc5cnc6cc(CC)c(=O)[nH]c6c5)CC4)cn3)C3CCCCC3)c2)C1. The highest BCUT2D eigenvalue weighted by Gasteiger charge is 2.32. The molecule has 2 saturated heterocycles. The average Bonchev–Trinajstić information content (AvgIpc) is 3.44. The van der Waals surface area contributed by atoms with Gasteiger partial charge in [0.15, 0.2) is 0 Å². The fourth-order valence-electron chi connectivity index (χ4n) is 10.4. The molecule has 75 heavy (non-hydrogen) atoms. The lowest BCUT2D eigenvalue weighted by molar-refractivity contribution is -0.131. The predicted molar refractivity (Wildman–Crippen MR) is 288 cm³/mol. The van der Waals surface area contributed by atoms with Crippen LogP contribution in [0.15, 0.2) is 83.9 Å². The molecule has 2 aliphatic heterocycles. The van der Waals surface area contributed by atoms with Crippen molar-refractivity contribution in [2.24, 2.45) is 5.92 Å². The maximum Gasteiger partial charge on any atom is 0.269 e. The normalized spacial score (nSPS) is 16.8. The number of aryl methyl sites for hydroxylation is 1. The van der Waals surface area contributed by atoms with Crippen LogP contribution >= 0.6 is 0 Å². The number of nitrogens with zero attached hydrogens (tertiary/aromatic N) is 5. The first-order valence-corrected chi connectivity index (χ1v) is 26.9. The standard InChI is InChI=1S/C57H74N10O8/c1-4-40-31-49-50(63-54(40)69)29-39(33-61-49)37-65-23-25-66(26-24-65)46-17-19-48(62-35-46)56(71)59-20-27-74-28-21-60-57(72)53(41-11-7-6-8-12-41)64-55(70)43-14-9-13-42(30-43)45-15-10-22-67(38-45)52(68)36-58-34-44-16-18-47(73-3)32-51(44)75-5-2/h9,13-14,16-19,29-33,35,41,45,53,58H,4-8,10-12,15,20-28,34,36-38H2,1-3H3,(H,59,71)(H,60,72)(H,63,69)(H,64,70)/t45?,53-/m1/s1. The van der Waals surface area contributed by atoms with Gasteiger partial charge in [-0.1, -0.05) is 44.4 Å². The Morgan fingerprint density at radius 2 is 1.63 bits per heavy atom. The molecule has 5 heterocycles. The van der Waals surface area contributed by atoms with E-state index in [0.29, 0.717) is 49.7 Å². The van der Waals surface area contributed by atoms with Gasteiger partial charge >= 0.3 is 0 Å². The third kappa shape index (κ3) is 14.9. The van der Waals surface area contributed by atoms with Crippen LogP contribution in [-0.2, 0) is 33.8 Å². The minimum atomic E-state index is -0.690. The average molecular weight is 1030 g/mol. The van der Waals surface area contributed by atoms with Gasteiger partial charge in [-0.2, -0.15) is 0 Å². The number of hydrogen-bond donors (Lipinski definition) is 5. The second kappa shape index (κ2) is 27.1. The number of pyridine rings is 3. The Hall–Kier alpha value is -6.89. The van der Waals surface area contributed by atoms with Crippen molar-refractivity contribution in [2.75, 3.05) is 90.7 Å². The van der Waals surface area contributed by atoms with Gasteiger partial charge in [-0.15, -0.1) is 0 Å². The van der Waals surface area contributed by atoms with Gasteiger partial charge in [0.2, 0.25) is 11.8 Å². The lowest BCUT2D eigenvalue weighted by Gasteiger charge is -2.36. The molecule has 1 saturated carbocycles. The van der Waals surface area contributed by atoms with Crippen LogP contribution < -0.4 is 41.2 Å². The van der Waals surface area contributed by atoms with Crippen LogP contribution in [-0.4, -0.2) is 140 Å².